The van der Waals surface area contributed by atoms with Crippen LogP contribution in [0.5, 0.6) is 5.75 Å². The van der Waals surface area contributed by atoms with Crippen molar-refractivity contribution < 1.29 is 9.53 Å². The number of carbonyl (C=O) groups is 1. The lowest BCUT2D eigenvalue weighted by Gasteiger charge is -2.33. The smallest absolute Gasteiger partial charge is 0.267 e. The van der Waals surface area contributed by atoms with Crippen molar-refractivity contribution in [3.8, 4) is 5.75 Å². The number of rotatable bonds is 7. The SMILES string of the molecule is COc1ccc(CN2C(=O)/C(=C\c3c(N4CCC(Cc5ccccc5)CC4)nc4ccc(C)cn4c3=O)SC2=S)cc1. The zero-order valence-corrected chi connectivity index (χ0v) is 25.3. The number of piperidine rings is 1. The van der Waals surface area contributed by atoms with Gasteiger partial charge in [-0.25, -0.2) is 4.98 Å². The summed E-state index contributed by atoms with van der Waals surface area (Å²) in [7, 11) is 1.62. The van der Waals surface area contributed by atoms with Crippen molar-refractivity contribution in [1.29, 1.82) is 0 Å². The van der Waals surface area contributed by atoms with Crippen LogP contribution in [0.4, 0.5) is 5.82 Å². The van der Waals surface area contributed by atoms with Gasteiger partial charge in [-0.1, -0.05) is 72.5 Å². The molecule has 2 aliphatic heterocycles. The largest absolute Gasteiger partial charge is 0.497 e. The Balaban J connectivity index is 1.30. The molecule has 6 rings (SSSR count). The quantitative estimate of drug-likeness (QED) is 0.195. The maximum Gasteiger partial charge on any atom is 0.267 e. The van der Waals surface area contributed by atoms with Gasteiger partial charge in [0.25, 0.3) is 11.5 Å². The number of amides is 1. The molecule has 0 unspecified atom stereocenters. The summed E-state index contributed by atoms with van der Waals surface area (Å²) in [4.78, 5) is 36.7. The van der Waals surface area contributed by atoms with Crippen LogP contribution in [0.2, 0.25) is 0 Å². The third-order valence-electron chi connectivity index (χ3n) is 7.92. The number of thiocarbonyl (C=S) groups is 1. The van der Waals surface area contributed by atoms with Crippen LogP contribution in [0.3, 0.4) is 0 Å². The van der Waals surface area contributed by atoms with Gasteiger partial charge in [0.2, 0.25) is 0 Å². The number of carbonyl (C=O) groups excluding carboxylic acids is 1. The van der Waals surface area contributed by atoms with Crippen molar-refractivity contribution in [2.75, 3.05) is 25.1 Å². The van der Waals surface area contributed by atoms with Gasteiger partial charge in [0.15, 0.2) is 0 Å². The van der Waals surface area contributed by atoms with Crippen molar-refractivity contribution in [3.63, 3.8) is 0 Å². The Morgan fingerprint density at radius 1 is 1.00 bits per heavy atom. The number of pyridine rings is 1. The highest BCUT2D eigenvalue weighted by atomic mass is 32.2. The van der Waals surface area contributed by atoms with E-state index in [2.05, 4.69) is 29.2 Å². The molecule has 2 saturated heterocycles. The summed E-state index contributed by atoms with van der Waals surface area (Å²) in [5.41, 5.74) is 4.07. The van der Waals surface area contributed by atoms with E-state index in [-0.39, 0.29) is 11.5 Å². The first-order valence-corrected chi connectivity index (χ1v) is 15.3. The van der Waals surface area contributed by atoms with E-state index in [0.717, 1.165) is 49.2 Å². The van der Waals surface area contributed by atoms with Gasteiger partial charge in [0.05, 0.1) is 24.1 Å². The highest BCUT2D eigenvalue weighted by Crippen LogP contribution is 2.35. The zero-order valence-electron chi connectivity index (χ0n) is 23.7. The van der Waals surface area contributed by atoms with E-state index in [4.69, 9.17) is 21.9 Å². The molecule has 2 fully saturated rings. The summed E-state index contributed by atoms with van der Waals surface area (Å²) in [6.45, 7) is 3.89. The van der Waals surface area contributed by atoms with Crippen molar-refractivity contribution in [1.82, 2.24) is 14.3 Å². The van der Waals surface area contributed by atoms with Crippen LogP contribution in [0.15, 0.2) is 82.6 Å². The number of methoxy groups -OCH3 is 1. The lowest BCUT2D eigenvalue weighted by molar-refractivity contribution is -0.122. The van der Waals surface area contributed by atoms with Crippen LogP contribution in [-0.2, 0) is 17.8 Å². The van der Waals surface area contributed by atoms with Gasteiger partial charge in [0.1, 0.15) is 21.5 Å². The molecule has 0 saturated carbocycles. The normalized spacial score (nSPS) is 17.0. The molecule has 214 valence electrons. The van der Waals surface area contributed by atoms with Crippen LogP contribution in [0.1, 0.15) is 35.1 Å². The second kappa shape index (κ2) is 12.1. The van der Waals surface area contributed by atoms with Gasteiger partial charge in [-0.05, 0) is 73.1 Å². The third-order valence-corrected chi connectivity index (χ3v) is 9.29. The van der Waals surface area contributed by atoms with Crippen molar-refractivity contribution >= 4 is 51.7 Å². The Bertz CT molecular complexity index is 1730. The molecule has 0 aliphatic carbocycles. The molecule has 9 heteroatoms. The molecule has 0 atom stereocenters. The fraction of sp³-hybridized carbons (Fsp3) is 0.273. The summed E-state index contributed by atoms with van der Waals surface area (Å²) in [5.74, 6) is 1.75. The number of benzene rings is 2. The van der Waals surface area contributed by atoms with E-state index in [1.807, 2.05) is 49.4 Å². The molecular weight excluding hydrogens is 565 g/mol. The second-order valence-electron chi connectivity index (χ2n) is 10.8. The molecule has 1 amide bonds. The van der Waals surface area contributed by atoms with Crippen molar-refractivity contribution in [3.05, 3.63) is 110 Å². The second-order valence-corrected chi connectivity index (χ2v) is 12.5. The predicted octanol–water partition coefficient (Wildman–Crippen LogP) is 5.87. The monoisotopic (exact) mass is 596 g/mol. The van der Waals surface area contributed by atoms with Gasteiger partial charge in [0, 0.05) is 19.3 Å². The molecule has 2 aromatic carbocycles. The summed E-state index contributed by atoms with van der Waals surface area (Å²) in [6, 6.07) is 22.0. The Hall–Kier alpha value is -3.95. The summed E-state index contributed by atoms with van der Waals surface area (Å²) in [6.07, 6.45) is 6.56. The number of thioether (sulfide) groups is 1. The minimum absolute atomic E-state index is 0.189. The highest BCUT2D eigenvalue weighted by Gasteiger charge is 2.33. The number of fused-ring (bicyclic) bond motifs is 1. The number of aryl methyl sites for hydroxylation is 1. The highest BCUT2D eigenvalue weighted by molar-refractivity contribution is 8.26. The Morgan fingerprint density at radius 2 is 1.74 bits per heavy atom. The van der Waals surface area contributed by atoms with Gasteiger partial charge in [-0.3, -0.25) is 18.9 Å². The Labute approximate surface area is 254 Å². The lowest BCUT2D eigenvalue weighted by Crippen LogP contribution is -2.37. The maximum absolute atomic E-state index is 13.9. The third kappa shape index (κ3) is 5.84. The maximum atomic E-state index is 13.9. The number of hydrogen-bond acceptors (Lipinski definition) is 7. The standard InChI is InChI=1S/C33H32N4O3S2/c1-22-8-13-29-34-30(35-16-14-24(15-17-35)18-23-6-4-3-5-7-23)27(31(38)36(29)20-22)19-28-32(39)37(33(41)42-28)21-25-9-11-26(40-2)12-10-25/h3-13,19-20,24H,14-18,21H2,1-2H3/b28-19+. The molecule has 2 aromatic heterocycles. The molecule has 2 aliphatic rings. The van der Waals surface area contributed by atoms with E-state index in [0.29, 0.717) is 38.7 Å². The van der Waals surface area contributed by atoms with E-state index < -0.39 is 0 Å². The van der Waals surface area contributed by atoms with Crippen LogP contribution >= 0.6 is 24.0 Å². The van der Waals surface area contributed by atoms with Gasteiger partial charge >= 0.3 is 0 Å². The Kier molecular flexibility index (Phi) is 8.13. The average molecular weight is 597 g/mol. The minimum Gasteiger partial charge on any atom is -0.497 e. The summed E-state index contributed by atoms with van der Waals surface area (Å²) in [5, 5.41) is 0. The number of ether oxygens (including phenoxy) is 1. The van der Waals surface area contributed by atoms with E-state index >= 15 is 0 Å². The first-order chi connectivity index (χ1) is 20.4. The average Bonchev–Trinajstić information content (AvgIpc) is 3.27. The first-order valence-electron chi connectivity index (χ1n) is 14.1. The number of hydrogen-bond donors (Lipinski definition) is 0. The van der Waals surface area contributed by atoms with Gasteiger partial charge < -0.3 is 9.64 Å². The van der Waals surface area contributed by atoms with E-state index in [1.54, 1.807) is 28.7 Å². The zero-order chi connectivity index (χ0) is 29.2. The topological polar surface area (TPSA) is 67.2 Å². The number of anilines is 1. The minimum atomic E-state index is -0.206. The molecule has 0 spiro atoms. The molecule has 4 aromatic rings. The predicted molar refractivity (Wildman–Crippen MR) is 173 cm³/mol. The summed E-state index contributed by atoms with van der Waals surface area (Å²) >= 11 is 6.83. The molecule has 7 nitrogen and oxygen atoms in total. The van der Waals surface area contributed by atoms with Crippen molar-refractivity contribution in [2.45, 2.75) is 32.7 Å². The van der Waals surface area contributed by atoms with Crippen LogP contribution in [-0.4, -0.2) is 44.7 Å². The fourth-order valence-electron chi connectivity index (χ4n) is 5.59. The van der Waals surface area contributed by atoms with E-state index in [1.165, 1.54) is 17.3 Å². The first kappa shape index (κ1) is 28.2. The number of aromatic nitrogens is 2. The Morgan fingerprint density at radius 3 is 2.45 bits per heavy atom. The lowest BCUT2D eigenvalue weighted by atomic mass is 9.90. The van der Waals surface area contributed by atoms with Crippen LogP contribution in [0.25, 0.3) is 11.7 Å². The molecular formula is C33H32N4O3S2. The molecule has 0 radical (unpaired) electrons. The molecule has 0 bridgehead atoms. The van der Waals surface area contributed by atoms with E-state index in [9.17, 15) is 9.59 Å². The van der Waals surface area contributed by atoms with Crippen LogP contribution < -0.4 is 15.2 Å². The fourth-order valence-corrected chi connectivity index (χ4v) is 6.83. The van der Waals surface area contributed by atoms with Gasteiger partial charge in [-0.2, -0.15) is 0 Å². The molecule has 4 heterocycles. The van der Waals surface area contributed by atoms with Crippen LogP contribution in [0, 0.1) is 12.8 Å². The summed E-state index contributed by atoms with van der Waals surface area (Å²) < 4.78 is 7.29. The van der Waals surface area contributed by atoms with Gasteiger partial charge in [-0.15, -0.1) is 0 Å². The van der Waals surface area contributed by atoms with Crippen molar-refractivity contribution in [2.24, 2.45) is 5.92 Å². The molecule has 0 N–H and O–H groups in total. The molecule has 42 heavy (non-hydrogen) atoms. The number of nitrogens with zero attached hydrogens (tertiary/aromatic N) is 4.